The molecule has 5 nitrogen and oxygen atoms in total. The topological polar surface area (TPSA) is 53.0 Å². The molecular weight excluding hydrogens is 306 g/mol. The molecular formula is C14H15N3O2S2. The molecule has 21 heavy (non-hydrogen) atoms. The smallest absolute Gasteiger partial charge is 0.286 e. The van der Waals surface area contributed by atoms with Gasteiger partial charge in [0.15, 0.2) is 5.17 Å². The van der Waals surface area contributed by atoms with Crippen molar-refractivity contribution in [3.05, 3.63) is 27.3 Å². The first kappa shape index (κ1) is 14.3. The van der Waals surface area contributed by atoms with Crippen LogP contribution in [0.2, 0.25) is 0 Å². The van der Waals surface area contributed by atoms with Crippen LogP contribution in [0.25, 0.3) is 6.08 Å². The zero-order valence-electron chi connectivity index (χ0n) is 11.6. The van der Waals surface area contributed by atoms with E-state index in [0.29, 0.717) is 18.0 Å². The molecule has 0 aromatic carbocycles. The van der Waals surface area contributed by atoms with Gasteiger partial charge in [0, 0.05) is 38.0 Å². The molecule has 7 heteroatoms. The molecule has 1 aromatic rings. The van der Waals surface area contributed by atoms with Gasteiger partial charge in [-0.25, -0.2) is 0 Å². The molecule has 2 amide bonds. The zero-order valence-corrected chi connectivity index (χ0v) is 13.2. The van der Waals surface area contributed by atoms with E-state index in [2.05, 4.69) is 9.89 Å². The Hall–Kier alpha value is -1.60. The molecule has 1 aromatic heterocycles. The fourth-order valence-electron chi connectivity index (χ4n) is 2.25. The molecule has 0 unspecified atom stereocenters. The predicted molar refractivity (Wildman–Crippen MR) is 86.2 cm³/mol. The number of hydrogen-bond donors (Lipinski definition) is 0. The molecule has 0 atom stereocenters. The number of carbonyl (C=O) groups is 2. The molecule has 0 N–H and O–H groups in total. The zero-order chi connectivity index (χ0) is 14.8. The molecule has 0 bridgehead atoms. The first-order valence-electron chi connectivity index (χ1n) is 6.70. The minimum Gasteiger partial charge on any atom is -0.347 e. The molecule has 3 heterocycles. The summed E-state index contributed by atoms with van der Waals surface area (Å²) in [5, 5.41) is 2.74. The van der Waals surface area contributed by atoms with E-state index in [-0.39, 0.29) is 11.8 Å². The summed E-state index contributed by atoms with van der Waals surface area (Å²) in [5.74, 6) is -0.0672. The molecule has 0 radical (unpaired) electrons. The van der Waals surface area contributed by atoms with Crippen molar-refractivity contribution >= 4 is 46.2 Å². The molecule has 0 aliphatic carbocycles. The molecule has 3 rings (SSSR count). The van der Waals surface area contributed by atoms with Crippen molar-refractivity contribution in [2.24, 2.45) is 4.99 Å². The minimum atomic E-state index is -0.169. The first-order valence-corrected chi connectivity index (χ1v) is 8.39. The van der Waals surface area contributed by atoms with Crippen molar-refractivity contribution in [1.29, 1.82) is 0 Å². The van der Waals surface area contributed by atoms with Gasteiger partial charge in [-0.05, 0) is 29.3 Å². The summed E-state index contributed by atoms with van der Waals surface area (Å²) in [6.07, 6.45) is 1.89. The van der Waals surface area contributed by atoms with Crippen LogP contribution in [0.1, 0.15) is 11.8 Å². The van der Waals surface area contributed by atoms with Gasteiger partial charge in [-0.3, -0.25) is 9.59 Å². The summed E-state index contributed by atoms with van der Waals surface area (Å²) >= 11 is 3.03. The van der Waals surface area contributed by atoms with E-state index in [1.807, 2.05) is 28.5 Å². The fourth-order valence-corrected chi connectivity index (χ4v) is 3.94. The van der Waals surface area contributed by atoms with Crippen molar-refractivity contribution in [3.63, 3.8) is 0 Å². The number of amides is 2. The average molecular weight is 321 g/mol. The van der Waals surface area contributed by atoms with Crippen LogP contribution in [-0.2, 0) is 9.59 Å². The second kappa shape index (κ2) is 6.03. The summed E-state index contributed by atoms with van der Waals surface area (Å²) < 4.78 is 0. The molecule has 2 aliphatic rings. The van der Waals surface area contributed by atoms with Crippen molar-refractivity contribution < 1.29 is 9.59 Å². The van der Waals surface area contributed by atoms with Gasteiger partial charge in [0.05, 0.1) is 4.91 Å². The number of thioether (sulfide) groups is 1. The Balaban J connectivity index is 1.65. The number of rotatable bonds is 1. The predicted octanol–water partition coefficient (Wildman–Crippen LogP) is 1.88. The lowest BCUT2D eigenvalue weighted by atomic mass is 10.3. The molecule has 0 saturated carbocycles. The highest BCUT2D eigenvalue weighted by molar-refractivity contribution is 8.18. The third kappa shape index (κ3) is 3.19. The molecule has 1 fully saturated rings. The minimum absolute atomic E-state index is 0.102. The summed E-state index contributed by atoms with van der Waals surface area (Å²) in [7, 11) is 0. The summed E-state index contributed by atoms with van der Waals surface area (Å²) in [4.78, 5) is 33.1. The van der Waals surface area contributed by atoms with Gasteiger partial charge in [0.25, 0.3) is 5.91 Å². The van der Waals surface area contributed by atoms with E-state index in [4.69, 9.17) is 0 Å². The second-order valence-electron chi connectivity index (χ2n) is 4.82. The Kier molecular flexibility index (Phi) is 4.12. The fraction of sp³-hybridized carbons (Fsp3) is 0.357. The highest BCUT2D eigenvalue weighted by Gasteiger charge is 2.28. The van der Waals surface area contributed by atoms with Crippen LogP contribution >= 0.6 is 23.1 Å². The third-order valence-electron chi connectivity index (χ3n) is 3.42. The Morgan fingerprint density at radius 2 is 2.10 bits per heavy atom. The summed E-state index contributed by atoms with van der Waals surface area (Å²) in [5.41, 5.74) is 0. The Morgan fingerprint density at radius 3 is 2.71 bits per heavy atom. The third-order valence-corrected chi connectivity index (χ3v) is 5.29. The van der Waals surface area contributed by atoms with Crippen LogP contribution in [0, 0.1) is 0 Å². The summed E-state index contributed by atoms with van der Waals surface area (Å²) in [6.45, 7) is 4.42. The van der Waals surface area contributed by atoms with Gasteiger partial charge in [0.1, 0.15) is 0 Å². The number of amidine groups is 1. The van der Waals surface area contributed by atoms with Gasteiger partial charge >= 0.3 is 0 Å². The van der Waals surface area contributed by atoms with Gasteiger partial charge in [-0.15, -0.1) is 11.3 Å². The van der Waals surface area contributed by atoms with Crippen LogP contribution in [0.3, 0.4) is 0 Å². The number of hydrogen-bond acceptors (Lipinski definition) is 5. The van der Waals surface area contributed by atoms with E-state index in [0.717, 1.165) is 23.1 Å². The SMILES string of the molecule is CC(=O)N1CCN(C2=NC(=O)C(=Cc3cccs3)S2)CC1. The van der Waals surface area contributed by atoms with E-state index < -0.39 is 0 Å². The number of thiophene rings is 1. The molecule has 110 valence electrons. The van der Waals surface area contributed by atoms with Crippen LogP contribution < -0.4 is 0 Å². The van der Waals surface area contributed by atoms with Crippen LogP contribution in [0.5, 0.6) is 0 Å². The summed E-state index contributed by atoms with van der Waals surface area (Å²) in [6, 6.07) is 3.94. The van der Waals surface area contributed by atoms with E-state index >= 15 is 0 Å². The number of piperazine rings is 1. The quantitative estimate of drug-likeness (QED) is 0.741. The van der Waals surface area contributed by atoms with Gasteiger partial charge in [0.2, 0.25) is 5.91 Å². The number of carbonyl (C=O) groups excluding carboxylic acids is 2. The van der Waals surface area contributed by atoms with Gasteiger partial charge in [-0.1, -0.05) is 6.07 Å². The second-order valence-corrected chi connectivity index (χ2v) is 6.81. The number of nitrogens with zero attached hydrogens (tertiary/aromatic N) is 3. The van der Waals surface area contributed by atoms with E-state index in [1.54, 1.807) is 18.3 Å². The maximum Gasteiger partial charge on any atom is 0.286 e. The standard InChI is InChI=1S/C14H15N3O2S2/c1-10(18)16-4-6-17(7-5-16)14-15-13(19)12(21-14)9-11-3-2-8-20-11/h2-3,8-9H,4-7H2,1H3. The van der Waals surface area contributed by atoms with Crippen LogP contribution in [0.4, 0.5) is 0 Å². The van der Waals surface area contributed by atoms with E-state index in [1.165, 1.54) is 11.8 Å². The Labute approximate surface area is 131 Å². The Morgan fingerprint density at radius 1 is 1.33 bits per heavy atom. The maximum atomic E-state index is 12.0. The van der Waals surface area contributed by atoms with Crippen molar-refractivity contribution in [3.8, 4) is 0 Å². The van der Waals surface area contributed by atoms with E-state index in [9.17, 15) is 9.59 Å². The Bertz CT molecular complexity index is 614. The lowest BCUT2D eigenvalue weighted by molar-refractivity contribution is -0.130. The largest absolute Gasteiger partial charge is 0.347 e. The molecule has 0 spiro atoms. The van der Waals surface area contributed by atoms with Crippen LogP contribution in [-0.4, -0.2) is 53.0 Å². The highest BCUT2D eigenvalue weighted by Crippen LogP contribution is 2.31. The monoisotopic (exact) mass is 321 g/mol. The van der Waals surface area contributed by atoms with Crippen LogP contribution in [0.15, 0.2) is 27.4 Å². The van der Waals surface area contributed by atoms with Gasteiger partial charge < -0.3 is 9.80 Å². The van der Waals surface area contributed by atoms with Crippen molar-refractivity contribution in [1.82, 2.24) is 9.80 Å². The molecule has 2 aliphatic heterocycles. The van der Waals surface area contributed by atoms with Crippen molar-refractivity contribution in [2.75, 3.05) is 26.2 Å². The highest BCUT2D eigenvalue weighted by atomic mass is 32.2. The maximum absolute atomic E-state index is 12.0. The molecule has 1 saturated heterocycles. The lowest BCUT2D eigenvalue weighted by Crippen LogP contribution is -2.49. The lowest BCUT2D eigenvalue weighted by Gasteiger charge is -2.34. The first-order chi connectivity index (χ1) is 10.1. The number of aliphatic imine (C=N–C) groups is 1. The van der Waals surface area contributed by atoms with Crippen molar-refractivity contribution in [2.45, 2.75) is 6.92 Å². The average Bonchev–Trinajstić information content (AvgIpc) is 3.10. The van der Waals surface area contributed by atoms with Gasteiger partial charge in [-0.2, -0.15) is 4.99 Å². The normalized spacial score (nSPS) is 21.1.